The maximum absolute atomic E-state index is 13.2. The van der Waals surface area contributed by atoms with Crippen LogP contribution in [-0.2, 0) is 21.4 Å². The normalized spacial score (nSPS) is 15.7. The van der Waals surface area contributed by atoms with E-state index in [1.165, 1.54) is 21.9 Å². The third kappa shape index (κ3) is 5.79. The topological polar surface area (TPSA) is 69.6 Å². The quantitative estimate of drug-likeness (QED) is 0.379. The standard InChI is InChI=1S/C31H38N2O3/c1-22(27-12-6-10-24-9-4-5-11-28(24)27)32-19-7-8-23-13-15-26(16-14-23)31(2,3)30(36)33-20-17-25(18-21-33)29(34)35/h4-6,9-16,22,25,32H,7-8,17-21H2,1-3H3,(H,34,35). The van der Waals surface area contributed by atoms with Crippen LogP contribution in [0.3, 0.4) is 0 Å². The van der Waals surface area contributed by atoms with Crippen LogP contribution >= 0.6 is 0 Å². The molecule has 2 N–H and O–H groups in total. The average Bonchev–Trinajstić information content (AvgIpc) is 2.90. The third-order valence-electron chi connectivity index (χ3n) is 7.72. The number of carboxylic acids is 1. The molecule has 0 radical (unpaired) electrons. The summed E-state index contributed by atoms with van der Waals surface area (Å²) >= 11 is 0. The summed E-state index contributed by atoms with van der Waals surface area (Å²) in [4.78, 5) is 26.3. The number of piperidine rings is 1. The fourth-order valence-corrected chi connectivity index (χ4v) is 5.29. The number of amides is 1. The van der Waals surface area contributed by atoms with Gasteiger partial charge >= 0.3 is 5.97 Å². The molecule has 190 valence electrons. The first-order valence-corrected chi connectivity index (χ1v) is 13.1. The molecule has 1 aliphatic rings. The van der Waals surface area contributed by atoms with Crippen LogP contribution in [0.25, 0.3) is 10.8 Å². The minimum absolute atomic E-state index is 0.0747. The molecule has 0 aromatic heterocycles. The summed E-state index contributed by atoms with van der Waals surface area (Å²) in [7, 11) is 0. The molecule has 4 rings (SSSR count). The molecule has 0 spiro atoms. The van der Waals surface area contributed by atoms with E-state index in [0.717, 1.165) is 24.9 Å². The monoisotopic (exact) mass is 486 g/mol. The SMILES string of the molecule is CC(NCCCc1ccc(C(C)(C)C(=O)N2CCC(C(=O)O)CC2)cc1)c1cccc2ccccc12. The molecule has 0 bridgehead atoms. The number of aliphatic carboxylic acids is 1. The molecule has 1 aliphatic heterocycles. The number of rotatable bonds is 9. The summed E-state index contributed by atoms with van der Waals surface area (Å²) in [6, 6.07) is 23.7. The van der Waals surface area contributed by atoms with Crippen LogP contribution in [0, 0.1) is 5.92 Å². The molecule has 3 aromatic carbocycles. The van der Waals surface area contributed by atoms with Gasteiger partial charge in [0.1, 0.15) is 0 Å². The van der Waals surface area contributed by atoms with Crippen molar-refractivity contribution in [3.8, 4) is 0 Å². The van der Waals surface area contributed by atoms with E-state index in [2.05, 4.69) is 79.0 Å². The highest BCUT2D eigenvalue weighted by Gasteiger charge is 2.36. The zero-order valence-corrected chi connectivity index (χ0v) is 21.7. The smallest absolute Gasteiger partial charge is 0.306 e. The van der Waals surface area contributed by atoms with Gasteiger partial charge in [0.2, 0.25) is 5.91 Å². The highest BCUT2D eigenvalue weighted by molar-refractivity contribution is 5.88. The van der Waals surface area contributed by atoms with E-state index in [9.17, 15) is 14.7 Å². The van der Waals surface area contributed by atoms with Crippen LogP contribution in [0.4, 0.5) is 0 Å². The van der Waals surface area contributed by atoms with Crippen molar-refractivity contribution >= 4 is 22.6 Å². The van der Waals surface area contributed by atoms with E-state index in [-0.39, 0.29) is 17.9 Å². The summed E-state index contributed by atoms with van der Waals surface area (Å²) in [5, 5.41) is 15.5. The number of nitrogens with one attached hydrogen (secondary N) is 1. The Bertz CT molecular complexity index is 1190. The number of carboxylic acid groups (broad SMARTS) is 1. The maximum Gasteiger partial charge on any atom is 0.306 e. The number of aryl methyl sites for hydroxylation is 1. The molecule has 0 aliphatic carbocycles. The first-order valence-electron chi connectivity index (χ1n) is 13.1. The molecule has 1 saturated heterocycles. The van der Waals surface area contributed by atoms with Crippen LogP contribution in [0.5, 0.6) is 0 Å². The zero-order chi connectivity index (χ0) is 25.7. The van der Waals surface area contributed by atoms with Gasteiger partial charge in [-0.05, 0) is 80.5 Å². The molecule has 1 atom stereocenters. The second-order valence-electron chi connectivity index (χ2n) is 10.6. The van der Waals surface area contributed by atoms with Gasteiger partial charge in [-0.1, -0.05) is 66.7 Å². The fraction of sp³-hybridized carbons (Fsp3) is 0.419. The van der Waals surface area contributed by atoms with Gasteiger partial charge in [0.15, 0.2) is 0 Å². The Kier molecular flexibility index (Phi) is 8.10. The van der Waals surface area contributed by atoms with Gasteiger partial charge in [0, 0.05) is 19.1 Å². The molecule has 5 nitrogen and oxygen atoms in total. The van der Waals surface area contributed by atoms with Gasteiger partial charge < -0.3 is 15.3 Å². The first-order chi connectivity index (χ1) is 17.3. The molecule has 1 fully saturated rings. The molecule has 1 heterocycles. The van der Waals surface area contributed by atoms with Crippen LogP contribution in [0.1, 0.15) is 62.8 Å². The number of fused-ring (bicyclic) bond motifs is 1. The first kappa shape index (κ1) is 25.9. The second-order valence-corrected chi connectivity index (χ2v) is 10.6. The number of hydrogen-bond acceptors (Lipinski definition) is 3. The molecular weight excluding hydrogens is 448 g/mol. The van der Waals surface area contributed by atoms with Gasteiger partial charge in [0.05, 0.1) is 11.3 Å². The van der Waals surface area contributed by atoms with E-state index < -0.39 is 11.4 Å². The molecule has 1 unspecified atom stereocenters. The van der Waals surface area contributed by atoms with Gasteiger partial charge in [0.25, 0.3) is 0 Å². The Balaban J connectivity index is 1.28. The van der Waals surface area contributed by atoms with E-state index >= 15 is 0 Å². The number of hydrogen-bond donors (Lipinski definition) is 2. The number of carbonyl (C=O) groups is 2. The van der Waals surface area contributed by atoms with Gasteiger partial charge in [-0.25, -0.2) is 0 Å². The van der Waals surface area contributed by atoms with Crippen LogP contribution in [-0.4, -0.2) is 41.5 Å². The lowest BCUT2D eigenvalue weighted by atomic mass is 9.82. The van der Waals surface area contributed by atoms with Crippen molar-refractivity contribution in [1.29, 1.82) is 0 Å². The molecule has 36 heavy (non-hydrogen) atoms. The van der Waals surface area contributed by atoms with E-state index in [0.29, 0.717) is 25.9 Å². The average molecular weight is 487 g/mol. The molecule has 3 aromatic rings. The molecule has 1 amide bonds. The molecular formula is C31H38N2O3. The van der Waals surface area contributed by atoms with Gasteiger partial charge in [-0.2, -0.15) is 0 Å². The molecule has 0 saturated carbocycles. The lowest BCUT2D eigenvalue weighted by Crippen LogP contribution is -2.47. The van der Waals surface area contributed by atoms with E-state index in [1.54, 1.807) is 0 Å². The summed E-state index contributed by atoms with van der Waals surface area (Å²) in [5.74, 6) is -1.01. The van der Waals surface area contributed by atoms with E-state index in [1.807, 2.05) is 18.7 Å². The lowest BCUT2D eigenvalue weighted by molar-refractivity contribution is -0.147. The summed E-state index contributed by atoms with van der Waals surface area (Å²) in [6.07, 6.45) is 3.08. The number of carbonyl (C=O) groups excluding carboxylic acids is 1. The zero-order valence-electron chi connectivity index (χ0n) is 21.7. The van der Waals surface area contributed by atoms with Gasteiger partial charge in [-0.3, -0.25) is 9.59 Å². The predicted molar refractivity (Wildman–Crippen MR) is 145 cm³/mol. The minimum atomic E-state index is -0.754. The predicted octanol–water partition coefficient (Wildman–Crippen LogP) is 5.72. The number of nitrogens with zero attached hydrogens (tertiary/aromatic N) is 1. The maximum atomic E-state index is 13.2. The Morgan fingerprint density at radius 1 is 1.00 bits per heavy atom. The highest BCUT2D eigenvalue weighted by atomic mass is 16.4. The summed E-state index contributed by atoms with van der Waals surface area (Å²) in [5.41, 5.74) is 2.96. The largest absolute Gasteiger partial charge is 0.481 e. The lowest BCUT2D eigenvalue weighted by Gasteiger charge is -2.36. The van der Waals surface area contributed by atoms with Crippen LogP contribution in [0.2, 0.25) is 0 Å². The number of benzene rings is 3. The van der Waals surface area contributed by atoms with Crippen molar-refractivity contribution in [2.45, 2.75) is 57.9 Å². The van der Waals surface area contributed by atoms with Crippen molar-refractivity contribution in [2.75, 3.05) is 19.6 Å². The Morgan fingerprint density at radius 3 is 2.36 bits per heavy atom. The summed E-state index contributed by atoms with van der Waals surface area (Å²) < 4.78 is 0. The van der Waals surface area contributed by atoms with Crippen molar-refractivity contribution < 1.29 is 14.7 Å². The third-order valence-corrected chi connectivity index (χ3v) is 7.72. The summed E-state index contributed by atoms with van der Waals surface area (Å²) in [6.45, 7) is 8.11. The fourth-order valence-electron chi connectivity index (χ4n) is 5.29. The van der Waals surface area contributed by atoms with Crippen molar-refractivity contribution in [1.82, 2.24) is 10.2 Å². The van der Waals surface area contributed by atoms with Gasteiger partial charge in [-0.15, -0.1) is 0 Å². The van der Waals surface area contributed by atoms with Crippen molar-refractivity contribution in [2.24, 2.45) is 5.92 Å². The minimum Gasteiger partial charge on any atom is -0.481 e. The Labute approximate surface area is 214 Å². The Morgan fingerprint density at radius 2 is 1.67 bits per heavy atom. The van der Waals surface area contributed by atoms with Crippen molar-refractivity contribution in [3.05, 3.63) is 83.4 Å². The van der Waals surface area contributed by atoms with Crippen LogP contribution < -0.4 is 5.32 Å². The van der Waals surface area contributed by atoms with Crippen LogP contribution in [0.15, 0.2) is 66.7 Å². The van der Waals surface area contributed by atoms with E-state index in [4.69, 9.17) is 0 Å². The molecule has 5 heteroatoms. The number of likely N-dealkylation sites (tertiary alicyclic amines) is 1. The van der Waals surface area contributed by atoms with Crippen molar-refractivity contribution in [3.63, 3.8) is 0 Å². The Hall–Kier alpha value is -3.18. The highest BCUT2D eigenvalue weighted by Crippen LogP contribution is 2.29. The second kappa shape index (κ2) is 11.3.